The molecule has 1 saturated heterocycles. The van der Waals surface area contributed by atoms with Crippen LogP contribution in [0.15, 0.2) is 30.5 Å². The molecule has 1 aromatic carbocycles. The Hall–Kier alpha value is -2.01. The maximum atomic E-state index is 11.6. The van der Waals surface area contributed by atoms with Crippen molar-refractivity contribution < 1.29 is 4.79 Å². The van der Waals surface area contributed by atoms with Crippen molar-refractivity contribution in [3.05, 3.63) is 36.2 Å². The van der Waals surface area contributed by atoms with E-state index in [1.54, 1.807) is 6.20 Å². The first-order valence-electron chi connectivity index (χ1n) is 6.46. The predicted molar refractivity (Wildman–Crippen MR) is 72.4 cm³/mol. The Bertz CT molecular complexity index is 613. The summed E-state index contributed by atoms with van der Waals surface area (Å²) < 4.78 is 0. The van der Waals surface area contributed by atoms with Gasteiger partial charge in [0.25, 0.3) is 0 Å². The molecule has 0 saturated carbocycles. The SMILES string of the molecule is NC1CC(=O)N(CCc2cnc3ccccc3n2)C1. The zero-order chi connectivity index (χ0) is 13.2. The summed E-state index contributed by atoms with van der Waals surface area (Å²) in [5.41, 5.74) is 8.46. The minimum atomic E-state index is -0.0183. The molecule has 1 fully saturated rings. The summed E-state index contributed by atoms with van der Waals surface area (Å²) in [7, 11) is 0. The molecule has 1 aliphatic rings. The van der Waals surface area contributed by atoms with E-state index >= 15 is 0 Å². The molecule has 1 amide bonds. The van der Waals surface area contributed by atoms with Crippen LogP contribution in [-0.2, 0) is 11.2 Å². The van der Waals surface area contributed by atoms with Gasteiger partial charge in [-0.1, -0.05) is 12.1 Å². The molecule has 98 valence electrons. The fourth-order valence-corrected chi connectivity index (χ4v) is 2.38. The first kappa shape index (κ1) is 12.0. The summed E-state index contributed by atoms with van der Waals surface area (Å²) in [6.07, 6.45) is 2.96. The number of aromatic nitrogens is 2. The molecule has 0 aliphatic carbocycles. The molecule has 0 spiro atoms. The van der Waals surface area contributed by atoms with Crippen LogP contribution in [0.3, 0.4) is 0 Å². The van der Waals surface area contributed by atoms with Gasteiger partial charge in [0.15, 0.2) is 0 Å². The van der Waals surface area contributed by atoms with Gasteiger partial charge in [-0.3, -0.25) is 9.78 Å². The van der Waals surface area contributed by atoms with Gasteiger partial charge in [0.2, 0.25) is 5.91 Å². The molecule has 2 N–H and O–H groups in total. The van der Waals surface area contributed by atoms with Crippen LogP contribution < -0.4 is 5.73 Å². The number of likely N-dealkylation sites (tertiary alicyclic amines) is 1. The van der Waals surface area contributed by atoms with Gasteiger partial charge in [-0.05, 0) is 12.1 Å². The fraction of sp³-hybridized carbons (Fsp3) is 0.357. The third-order valence-corrected chi connectivity index (χ3v) is 3.38. The molecule has 2 aromatic rings. The van der Waals surface area contributed by atoms with Gasteiger partial charge in [-0.2, -0.15) is 0 Å². The Morgan fingerprint density at radius 2 is 2.11 bits per heavy atom. The maximum absolute atomic E-state index is 11.6. The summed E-state index contributed by atoms with van der Waals surface area (Å²) >= 11 is 0. The van der Waals surface area contributed by atoms with E-state index in [-0.39, 0.29) is 11.9 Å². The smallest absolute Gasteiger partial charge is 0.224 e. The molecular weight excluding hydrogens is 240 g/mol. The van der Waals surface area contributed by atoms with E-state index in [1.807, 2.05) is 29.2 Å². The van der Waals surface area contributed by atoms with Gasteiger partial charge in [-0.25, -0.2) is 4.98 Å². The van der Waals surface area contributed by atoms with Crippen LogP contribution in [0.2, 0.25) is 0 Å². The third kappa shape index (κ3) is 2.56. The van der Waals surface area contributed by atoms with Gasteiger partial charge < -0.3 is 10.6 Å². The Balaban J connectivity index is 1.70. The quantitative estimate of drug-likeness (QED) is 0.878. The van der Waals surface area contributed by atoms with Crippen LogP contribution >= 0.6 is 0 Å². The number of para-hydroxylation sites is 2. The van der Waals surface area contributed by atoms with Gasteiger partial charge in [-0.15, -0.1) is 0 Å². The maximum Gasteiger partial charge on any atom is 0.224 e. The van der Waals surface area contributed by atoms with Crippen molar-refractivity contribution in [1.82, 2.24) is 14.9 Å². The predicted octanol–water partition coefficient (Wildman–Crippen LogP) is 0.732. The van der Waals surface area contributed by atoms with Crippen LogP contribution in [0.5, 0.6) is 0 Å². The van der Waals surface area contributed by atoms with Crippen molar-refractivity contribution in [3.63, 3.8) is 0 Å². The lowest BCUT2D eigenvalue weighted by molar-refractivity contribution is -0.127. The van der Waals surface area contributed by atoms with E-state index < -0.39 is 0 Å². The lowest BCUT2D eigenvalue weighted by Gasteiger charge is -2.15. The normalized spacial score (nSPS) is 19.3. The highest BCUT2D eigenvalue weighted by Crippen LogP contribution is 2.12. The summed E-state index contributed by atoms with van der Waals surface area (Å²) in [5, 5.41) is 0. The Morgan fingerprint density at radius 3 is 2.84 bits per heavy atom. The van der Waals surface area contributed by atoms with E-state index in [4.69, 9.17) is 5.73 Å². The highest BCUT2D eigenvalue weighted by molar-refractivity contribution is 5.79. The summed E-state index contributed by atoms with van der Waals surface area (Å²) in [5.74, 6) is 0.140. The average molecular weight is 256 g/mol. The molecule has 3 rings (SSSR count). The molecule has 5 heteroatoms. The van der Waals surface area contributed by atoms with Crippen molar-refractivity contribution in [3.8, 4) is 0 Å². The van der Waals surface area contributed by atoms with E-state index in [2.05, 4.69) is 9.97 Å². The number of amides is 1. The molecule has 1 aliphatic heterocycles. The number of nitrogens with zero attached hydrogens (tertiary/aromatic N) is 3. The largest absolute Gasteiger partial charge is 0.341 e. The Kier molecular flexibility index (Phi) is 3.13. The number of benzene rings is 1. The topological polar surface area (TPSA) is 72.1 Å². The van der Waals surface area contributed by atoms with E-state index in [9.17, 15) is 4.79 Å². The molecule has 5 nitrogen and oxygen atoms in total. The van der Waals surface area contributed by atoms with Gasteiger partial charge >= 0.3 is 0 Å². The van der Waals surface area contributed by atoms with Gasteiger partial charge in [0, 0.05) is 38.2 Å². The van der Waals surface area contributed by atoms with E-state index in [1.165, 1.54) is 0 Å². The number of nitrogens with two attached hydrogens (primary N) is 1. The Morgan fingerprint density at radius 1 is 1.32 bits per heavy atom. The van der Waals surface area contributed by atoms with Gasteiger partial charge in [0.1, 0.15) is 0 Å². The Labute approximate surface area is 111 Å². The number of carbonyl (C=O) groups is 1. The molecule has 0 bridgehead atoms. The molecule has 1 aromatic heterocycles. The van der Waals surface area contributed by atoms with Crippen molar-refractivity contribution in [2.24, 2.45) is 5.73 Å². The van der Waals surface area contributed by atoms with Crippen LogP contribution in [-0.4, -0.2) is 39.9 Å². The number of hydrogen-bond acceptors (Lipinski definition) is 4. The first-order valence-corrected chi connectivity index (χ1v) is 6.46. The van der Waals surface area contributed by atoms with E-state index in [0.29, 0.717) is 19.5 Å². The number of hydrogen-bond donors (Lipinski definition) is 1. The highest BCUT2D eigenvalue weighted by Gasteiger charge is 2.26. The summed E-state index contributed by atoms with van der Waals surface area (Å²) in [4.78, 5) is 22.4. The van der Waals surface area contributed by atoms with Gasteiger partial charge in [0.05, 0.1) is 16.7 Å². The molecule has 19 heavy (non-hydrogen) atoms. The van der Waals surface area contributed by atoms with Crippen molar-refractivity contribution in [1.29, 1.82) is 0 Å². The standard InChI is InChI=1S/C14H16N4O/c15-10-7-14(19)18(9-10)6-5-11-8-16-12-3-1-2-4-13(12)17-11/h1-4,8,10H,5-7,9,15H2. The fourth-order valence-electron chi connectivity index (χ4n) is 2.38. The minimum Gasteiger partial charge on any atom is -0.341 e. The third-order valence-electron chi connectivity index (χ3n) is 3.38. The second kappa shape index (κ2) is 4.93. The van der Waals surface area contributed by atoms with Crippen molar-refractivity contribution in [2.45, 2.75) is 18.9 Å². The second-order valence-electron chi connectivity index (χ2n) is 4.90. The number of fused-ring (bicyclic) bond motifs is 1. The zero-order valence-corrected chi connectivity index (χ0v) is 10.6. The van der Waals surface area contributed by atoms with Crippen LogP contribution in [0, 0.1) is 0 Å². The average Bonchev–Trinajstić information content (AvgIpc) is 2.74. The highest BCUT2D eigenvalue weighted by atomic mass is 16.2. The molecule has 0 radical (unpaired) electrons. The van der Waals surface area contributed by atoms with Crippen LogP contribution in [0.4, 0.5) is 0 Å². The van der Waals surface area contributed by atoms with Crippen LogP contribution in [0.1, 0.15) is 12.1 Å². The molecule has 1 atom stereocenters. The molecule has 1 unspecified atom stereocenters. The van der Waals surface area contributed by atoms with Crippen molar-refractivity contribution in [2.75, 3.05) is 13.1 Å². The second-order valence-corrected chi connectivity index (χ2v) is 4.90. The molecule has 2 heterocycles. The lowest BCUT2D eigenvalue weighted by Crippen LogP contribution is -2.30. The van der Waals surface area contributed by atoms with Crippen molar-refractivity contribution >= 4 is 16.9 Å². The molecular formula is C14H16N4O. The monoisotopic (exact) mass is 256 g/mol. The minimum absolute atomic E-state index is 0.0183. The summed E-state index contributed by atoms with van der Waals surface area (Å²) in [6, 6.07) is 7.76. The summed E-state index contributed by atoms with van der Waals surface area (Å²) in [6.45, 7) is 1.32. The first-order chi connectivity index (χ1) is 9.22. The lowest BCUT2D eigenvalue weighted by atomic mass is 10.2. The number of rotatable bonds is 3. The van der Waals surface area contributed by atoms with Crippen LogP contribution in [0.25, 0.3) is 11.0 Å². The number of carbonyl (C=O) groups excluding carboxylic acids is 1. The van der Waals surface area contributed by atoms with E-state index in [0.717, 1.165) is 23.1 Å². The zero-order valence-electron chi connectivity index (χ0n) is 10.6.